The summed E-state index contributed by atoms with van der Waals surface area (Å²) in [5.41, 5.74) is 3.30. The zero-order valence-electron chi connectivity index (χ0n) is 30.1. The Morgan fingerprint density at radius 2 is 1.60 bits per heavy atom. The minimum absolute atomic E-state index is 0.00315. The van der Waals surface area contributed by atoms with Crippen LogP contribution in [0.2, 0.25) is 0 Å². The number of carbonyl (C=O) groups excluding carboxylic acids is 1. The number of methoxy groups -OCH3 is 1. The Labute approximate surface area is 300 Å². The van der Waals surface area contributed by atoms with E-state index in [1.165, 1.54) is 20.9 Å². The molecule has 1 aromatic carbocycles. The number of anilines is 1. The van der Waals surface area contributed by atoms with E-state index in [9.17, 15) is 4.79 Å². The van der Waals surface area contributed by atoms with Crippen LogP contribution in [0.4, 0.5) is 5.82 Å². The Kier molecular flexibility index (Phi) is 17.1. The predicted molar refractivity (Wildman–Crippen MR) is 199 cm³/mol. The van der Waals surface area contributed by atoms with E-state index in [1.54, 1.807) is 18.4 Å². The van der Waals surface area contributed by atoms with Gasteiger partial charge in [-0.3, -0.25) is 4.90 Å². The van der Waals surface area contributed by atoms with Crippen LogP contribution in [0.15, 0.2) is 42.0 Å². The number of nitrogens with one attached hydrogen (secondary N) is 2. The molecular weight excluding hydrogens is 659 g/mol. The SMILES string of the molecule is CNCCOCCOCCOCCOCCOc1cc2c(NC(C)c3ccc(C4=CCCC=C4CN(C)CC=O)s3)nc(C)nc2cc1OC. The number of allylic oxidation sites excluding steroid dienone is 2. The highest BCUT2D eigenvalue weighted by atomic mass is 32.1. The predicted octanol–water partition coefficient (Wildman–Crippen LogP) is 5.08. The molecule has 0 bridgehead atoms. The summed E-state index contributed by atoms with van der Waals surface area (Å²) in [6.07, 6.45) is 7.60. The third-order valence-corrected chi connectivity index (χ3v) is 9.24. The van der Waals surface area contributed by atoms with Gasteiger partial charge in [0.25, 0.3) is 0 Å². The lowest BCUT2D eigenvalue weighted by Gasteiger charge is -2.21. The van der Waals surface area contributed by atoms with E-state index in [2.05, 4.69) is 46.8 Å². The molecule has 2 aromatic heterocycles. The van der Waals surface area contributed by atoms with E-state index in [1.807, 2.05) is 38.1 Å². The molecule has 0 spiro atoms. The monoisotopic (exact) mass is 711 g/mol. The second-order valence-corrected chi connectivity index (χ2v) is 13.0. The molecule has 13 heteroatoms. The van der Waals surface area contributed by atoms with Crippen LogP contribution in [-0.4, -0.2) is 121 Å². The van der Waals surface area contributed by atoms with Gasteiger partial charge < -0.3 is 43.8 Å². The Morgan fingerprint density at radius 3 is 2.28 bits per heavy atom. The van der Waals surface area contributed by atoms with E-state index in [4.69, 9.17) is 33.4 Å². The van der Waals surface area contributed by atoms with E-state index >= 15 is 0 Å². The zero-order chi connectivity index (χ0) is 35.6. The van der Waals surface area contributed by atoms with Gasteiger partial charge in [0, 0.05) is 34.3 Å². The van der Waals surface area contributed by atoms with Gasteiger partial charge in [-0.15, -0.1) is 11.3 Å². The molecule has 3 aromatic rings. The number of aryl methyl sites for hydroxylation is 1. The molecule has 1 aliphatic rings. The van der Waals surface area contributed by atoms with Gasteiger partial charge in [0.1, 0.15) is 24.5 Å². The number of nitrogens with zero attached hydrogens (tertiary/aromatic N) is 3. The maximum atomic E-state index is 11.0. The Morgan fingerprint density at radius 1 is 0.920 bits per heavy atom. The molecule has 12 nitrogen and oxygen atoms in total. The van der Waals surface area contributed by atoms with Crippen molar-refractivity contribution in [2.45, 2.75) is 32.7 Å². The van der Waals surface area contributed by atoms with Gasteiger partial charge in [0.05, 0.1) is 78.1 Å². The maximum Gasteiger partial charge on any atom is 0.162 e. The number of aromatic nitrogens is 2. The number of aldehydes is 1. The molecule has 0 aliphatic heterocycles. The number of hydrogen-bond donors (Lipinski definition) is 2. The minimum atomic E-state index is -0.00315. The zero-order valence-corrected chi connectivity index (χ0v) is 30.9. The molecule has 0 radical (unpaired) electrons. The minimum Gasteiger partial charge on any atom is -0.493 e. The van der Waals surface area contributed by atoms with Crippen molar-refractivity contribution in [1.82, 2.24) is 20.2 Å². The summed E-state index contributed by atoms with van der Waals surface area (Å²) >= 11 is 1.77. The lowest BCUT2D eigenvalue weighted by molar-refractivity contribution is -0.108. The molecule has 0 amide bonds. The van der Waals surface area contributed by atoms with Crippen molar-refractivity contribution in [3.63, 3.8) is 0 Å². The number of carbonyl (C=O) groups is 1. The first-order chi connectivity index (χ1) is 24.4. The van der Waals surface area contributed by atoms with E-state index in [-0.39, 0.29) is 6.04 Å². The molecule has 1 unspecified atom stereocenters. The summed E-state index contributed by atoms with van der Waals surface area (Å²) in [7, 11) is 5.49. The summed E-state index contributed by atoms with van der Waals surface area (Å²) < 4.78 is 33.9. The second kappa shape index (κ2) is 21.7. The fraction of sp³-hybridized carbons (Fsp3) is 0.541. The normalized spacial score (nSPS) is 13.7. The standard InChI is InChI=1S/C37H53N5O7S/c1-27(35-10-11-36(50-35)30-9-7-6-8-29(30)26-42(4)13-14-43)39-37-31-24-34(33(44-5)25-32(31)40-28(2)41-37)49-23-22-48-21-20-47-19-18-46-17-16-45-15-12-38-3/h8-11,14,24-25,27,38H,6-7,12-13,15-23,26H2,1-5H3,(H,39,40,41). The number of benzene rings is 1. The van der Waals surface area contributed by atoms with Crippen LogP contribution in [0.5, 0.6) is 11.5 Å². The van der Waals surface area contributed by atoms with E-state index in [0.29, 0.717) is 83.3 Å². The molecule has 50 heavy (non-hydrogen) atoms. The number of rotatable bonds is 25. The number of likely N-dealkylation sites (N-methyl/N-ethyl adjacent to an activating group) is 2. The van der Waals surface area contributed by atoms with Crippen LogP contribution in [-0.2, 0) is 23.7 Å². The van der Waals surface area contributed by atoms with Gasteiger partial charge >= 0.3 is 0 Å². The average molecular weight is 712 g/mol. The molecule has 274 valence electrons. The molecule has 2 N–H and O–H groups in total. The fourth-order valence-electron chi connectivity index (χ4n) is 5.41. The molecule has 4 rings (SSSR count). The first-order valence-electron chi connectivity index (χ1n) is 17.3. The van der Waals surface area contributed by atoms with Gasteiger partial charge in [0.15, 0.2) is 11.5 Å². The van der Waals surface area contributed by atoms with Gasteiger partial charge in [-0.25, -0.2) is 9.97 Å². The third-order valence-electron chi connectivity index (χ3n) is 7.94. The molecule has 2 heterocycles. The average Bonchev–Trinajstić information content (AvgIpc) is 3.60. The van der Waals surface area contributed by atoms with Gasteiger partial charge in [-0.1, -0.05) is 12.2 Å². The molecule has 0 saturated carbocycles. The van der Waals surface area contributed by atoms with Crippen LogP contribution < -0.4 is 20.1 Å². The summed E-state index contributed by atoms with van der Waals surface area (Å²) in [5.74, 6) is 2.58. The molecule has 1 atom stereocenters. The Hall–Kier alpha value is -3.43. The van der Waals surface area contributed by atoms with Crippen LogP contribution in [0.1, 0.15) is 41.4 Å². The maximum absolute atomic E-state index is 11.0. The topological polar surface area (TPSA) is 126 Å². The van der Waals surface area contributed by atoms with E-state index < -0.39 is 0 Å². The first-order valence-corrected chi connectivity index (χ1v) is 18.1. The molecular formula is C37H53N5O7S. The van der Waals surface area contributed by atoms with Crippen LogP contribution in [0.3, 0.4) is 0 Å². The lowest BCUT2D eigenvalue weighted by atomic mass is 9.96. The fourth-order valence-corrected chi connectivity index (χ4v) is 6.49. The number of ether oxygens (including phenoxy) is 6. The number of fused-ring (bicyclic) bond motifs is 1. The van der Waals surface area contributed by atoms with Gasteiger partial charge in [0.2, 0.25) is 0 Å². The molecule has 0 saturated heterocycles. The first kappa shape index (κ1) is 39.4. The Balaban J connectivity index is 1.29. The second-order valence-electron chi connectivity index (χ2n) is 11.9. The summed E-state index contributed by atoms with van der Waals surface area (Å²) in [4.78, 5) is 24.9. The quantitative estimate of drug-likeness (QED) is 0.0900. The number of thiophene rings is 1. The smallest absolute Gasteiger partial charge is 0.162 e. The number of hydrogen-bond acceptors (Lipinski definition) is 13. The van der Waals surface area contributed by atoms with Crippen LogP contribution in [0.25, 0.3) is 16.5 Å². The van der Waals surface area contributed by atoms with Crippen molar-refractivity contribution in [2.75, 3.05) is 106 Å². The van der Waals surface area contributed by atoms with Crippen LogP contribution >= 0.6 is 11.3 Å². The van der Waals surface area contributed by atoms with Gasteiger partial charge in [-0.05, 0) is 70.1 Å². The highest BCUT2D eigenvalue weighted by Gasteiger charge is 2.19. The largest absolute Gasteiger partial charge is 0.493 e. The van der Waals surface area contributed by atoms with Crippen molar-refractivity contribution in [3.05, 3.63) is 57.6 Å². The summed E-state index contributed by atoms with van der Waals surface area (Å²) in [6.45, 7) is 10.5. The lowest BCUT2D eigenvalue weighted by Crippen LogP contribution is -2.23. The summed E-state index contributed by atoms with van der Waals surface area (Å²) in [5, 5.41) is 7.51. The van der Waals surface area contributed by atoms with Crippen molar-refractivity contribution in [3.8, 4) is 11.5 Å². The molecule has 1 aliphatic carbocycles. The van der Waals surface area contributed by atoms with Crippen molar-refractivity contribution < 1.29 is 33.2 Å². The highest BCUT2D eigenvalue weighted by Crippen LogP contribution is 2.38. The van der Waals surface area contributed by atoms with Crippen molar-refractivity contribution >= 4 is 39.9 Å². The highest BCUT2D eigenvalue weighted by molar-refractivity contribution is 7.13. The molecule has 0 fully saturated rings. The van der Waals surface area contributed by atoms with Crippen molar-refractivity contribution in [1.29, 1.82) is 0 Å². The Bertz CT molecular complexity index is 1550. The third kappa shape index (κ3) is 12.4. The van der Waals surface area contributed by atoms with Crippen LogP contribution in [0, 0.1) is 6.92 Å². The van der Waals surface area contributed by atoms with Crippen molar-refractivity contribution in [2.24, 2.45) is 0 Å². The summed E-state index contributed by atoms with van der Waals surface area (Å²) in [6, 6.07) is 8.18. The van der Waals surface area contributed by atoms with Gasteiger partial charge in [-0.2, -0.15) is 0 Å². The van der Waals surface area contributed by atoms with E-state index in [0.717, 1.165) is 48.9 Å².